The van der Waals surface area contributed by atoms with Crippen molar-refractivity contribution in [2.45, 2.75) is 25.3 Å². The molecule has 0 aliphatic carbocycles. The summed E-state index contributed by atoms with van der Waals surface area (Å²) in [6.07, 6.45) is 1.65. The number of carboxylic acids is 1. The van der Waals surface area contributed by atoms with E-state index in [0.717, 1.165) is 18.5 Å². The standard InChI is InChI=1S/C17H21N5O6S.C10H8/c23-14(21-17-18-8-1-9-19-17)7-4-11-2-5-12(6-3-11)15(24)20-10-13(16(25)26)22-29(27)28;1-2-6-10-8-4-3-7-9(10)5-1/h2-3,5-6,13H,1,4,7-10H2,(H,20,24)(H,25,26)(H2,18,19,21,23);1-8H/t13-;/m0./s1. The third-order valence-corrected chi connectivity index (χ3v) is 6.05. The van der Waals surface area contributed by atoms with Gasteiger partial charge < -0.3 is 15.7 Å². The first kappa shape index (κ1) is 29.0. The quantitative estimate of drug-likeness (QED) is 0.333. The minimum atomic E-state index is -2.89. The number of amides is 2. The van der Waals surface area contributed by atoms with Gasteiger partial charge in [0.15, 0.2) is 12.0 Å². The molecule has 0 radical (unpaired) electrons. The highest BCUT2D eigenvalue weighted by atomic mass is 32.2. The van der Waals surface area contributed by atoms with E-state index in [2.05, 4.69) is 73.8 Å². The third-order valence-electron chi connectivity index (χ3n) is 5.62. The number of guanidine groups is 1. The number of fused-ring (bicyclic) bond motifs is 1. The Balaban J connectivity index is 0.000000346. The number of aliphatic carboxylic acids is 1. The molecule has 2 amide bonds. The Morgan fingerprint density at radius 2 is 1.59 bits per heavy atom. The van der Waals surface area contributed by atoms with Crippen LogP contribution in [0.15, 0.2) is 82.2 Å². The van der Waals surface area contributed by atoms with Gasteiger partial charge in [-0.15, -0.1) is 0 Å². The molecule has 39 heavy (non-hydrogen) atoms. The molecule has 3 aromatic carbocycles. The van der Waals surface area contributed by atoms with Crippen molar-refractivity contribution in [3.63, 3.8) is 0 Å². The van der Waals surface area contributed by atoms with E-state index in [-0.39, 0.29) is 17.9 Å². The number of nitrogens with one attached hydrogen (secondary N) is 3. The molecule has 0 unspecified atom stereocenters. The Kier molecular flexibility index (Phi) is 11.1. The fourth-order valence-corrected chi connectivity index (χ4v) is 3.96. The molecule has 0 fully saturated rings. The molecular formula is C27H29N5O6S. The van der Waals surface area contributed by atoms with Crippen molar-refractivity contribution in [3.05, 3.63) is 83.9 Å². The number of rotatable bonds is 8. The summed E-state index contributed by atoms with van der Waals surface area (Å²) in [6, 6.07) is 21.6. The fraction of sp³-hybridized carbons (Fsp3) is 0.259. The second-order valence-electron chi connectivity index (χ2n) is 8.49. The molecule has 0 spiro atoms. The van der Waals surface area contributed by atoms with Gasteiger partial charge in [-0.1, -0.05) is 60.7 Å². The van der Waals surface area contributed by atoms with Crippen LogP contribution in [0.3, 0.4) is 0 Å². The number of benzene rings is 3. The lowest BCUT2D eigenvalue weighted by atomic mass is 10.1. The van der Waals surface area contributed by atoms with Crippen LogP contribution in [0.5, 0.6) is 0 Å². The first-order chi connectivity index (χ1) is 18.8. The van der Waals surface area contributed by atoms with Crippen molar-refractivity contribution in [1.29, 1.82) is 0 Å². The van der Waals surface area contributed by atoms with Gasteiger partial charge >= 0.3 is 16.5 Å². The van der Waals surface area contributed by atoms with Crippen LogP contribution in [0.25, 0.3) is 10.8 Å². The lowest BCUT2D eigenvalue weighted by molar-refractivity contribution is -0.138. The van der Waals surface area contributed by atoms with Gasteiger partial charge in [-0.05, 0) is 41.3 Å². The number of nitrogens with zero attached hydrogens (tertiary/aromatic N) is 2. The lowest BCUT2D eigenvalue weighted by Crippen LogP contribution is -2.43. The topological polar surface area (TPSA) is 166 Å². The van der Waals surface area contributed by atoms with Crippen molar-refractivity contribution in [2.24, 2.45) is 9.36 Å². The van der Waals surface area contributed by atoms with Crippen LogP contribution in [-0.4, -0.2) is 62.9 Å². The molecule has 1 aliphatic heterocycles. The monoisotopic (exact) mass is 551 g/mol. The predicted molar refractivity (Wildman–Crippen MR) is 147 cm³/mol. The molecule has 0 aromatic heterocycles. The second-order valence-corrected chi connectivity index (χ2v) is 9.13. The smallest absolute Gasteiger partial charge is 0.331 e. The van der Waals surface area contributed by atoms with Crippen LogP contribution in [0.1, 0.15) is 28.8 Å². The van der Waals surface area contributed by atoms with Gasteiger partial charge in [0.2, 0.25) is 5.91 Å². The summed E-state index contributed by atoms with van der Waals surface area (Å²) in [5.74, 6) is -1.70. The summed E-state index contributed by atoms with van der Waals surface area (Å²) in [4.78, 5) is 39.1. The fourth-order valence-electron chi connectivity index (χ4n) is 3.59. The summed E-state index contributed by atoms with van der Waals surface area (Å²) in [5, 5.41) is 19.5. The summed E-state index contributed by atoms with van der Waals surface area (Å²) in [5.41, 5.74) is 1.11. The minimum absolute atomic E-state index is 0.167. The molecule has 11 nitrogen and oxygen atoms in total. The average molecular weight is 552 g/mol. The molecule has 4 rings (SSSR count). The van der Waals surface area contributed by atoms with Crippen LogP contribution < -0.4 is 16.0 Å². The molecule has 0 saturated carbocycles. The number of hydrogen-bond donors (Lipinski definition) is 4. The number of carboxylic acid groups (broad SMARTS) is 1. The summed E-state index contributed by atoms with van der Waals surface area (Å²) in [6.45, 7) is 1.00. The van der Waals surface area contributed by atoms with Crippen LogP contribution in [0, 0.1) is 0 Å². The van der Waals surface area contributed by atoms with Crippen molar-refractivity contribution in [3.8, 4) is 0 Å². The normalized spacial score (nSPS) is 13.0. The van der Waals surface area contributed by atoms with Gasteiger partial charge in [0, 0.05) is 25.1 Å². The Bertz CT molecular complexity index is 1400. The Morgan fingerprint density at radius 3 is 2.10 bits per heavy atom. The highest BCUT2D eigenvalue weighted by Crippen LogP contribution is 2.11. The molecule has 0 saturated heterocycles. The number of carbonyl (C=O) groups is 3. The lowest BCUT2D eigenvalue weighted by Gasteiger charge is -2.15. The first-order valence-corrected chi connectivity index (χ1v) is 13.3. The second kappa shape index (κ2) is 15.0. The van der Waals surface area contributed by atoms with E-state index in [4.69, 9.17) is 5.11 Å². The van der Waals surface area contributed by atoms with Crippen LogP contribution in [0.2, 0.25) is 0 Å². The van der Waals surface area contributed by atoms with Crippen molar-refractivity contribution in [1.82, 2.24) is 16.0 Å². The van der Waals surface area contributed by atoms with Crippen molar-refractivity contribution in [2.75, 3.05) is 19.6 Å². The van der Waals surface area contributed by atoms with E-state index in [1.165, 1.54) is 22.9 Å². The largest absolute Gasteiger partial charge is 0.480 e. The van der Waals surface area contributed by atoms with E-state index in [0.29, 0.717) is 18.9 Å². The zero-order valence-electron chi connectivity index (χ0n) is 21.0. The first-order valence-electron chi connectivity index (χ1n) is 12.2. The summed E-state index contributed by atoms with van der Waals surface area (Å²) >= 11 is 0. The Hall–Kier alpha value is -4.58. The van der Waals surface area contributed by atoms with E-state index < -0.39 is 35.0 Å². The SMILES string of the molecule is O=C(CCc1ccc(C(=O)NC[C@H](N=S(=O)=O)C(=O)O)cc1)NC1=NCCCN1.c1ccc2ccccc2c1. The predicted octanol–water partition coefficient (Wildman–Crippen LogP) is 2.17. The van der Waals surface area contributed by atoms with Crippen molar-refractivity contribution < 1.29 is 27.9 Å². The van der Waals surface area contributed by atoms with E-state index >= 15 is 0 Å². The molecule has 204 valence electrons. The van der Waals surface area contributed by atoms with E-state index in [1.807, 2.05) is 0 Å². The van der Waals surface area contributed by atoms with Gasteiger partial charge in [0.25, 0.3) is 5.91 Å². The van der Waals surface area contributed by atoms with Crippen LogP contribution in [0.4, 0.5) is 0 Å². The van der Waals surface area contributed by atoms with E-state index in [9.17, 15) is 22.8 Å². The van der Waals surface area contributed by atoms with E-state index in [1.54, 1.807) is 12.1 Å². The number of aryl methyl sites for hydroxylation is 1. The molecule has 3 aromatic rings. The maximum absolute atomic E-state index is 12.1. The number of aliphatic imine (C=N–C) groups is 1. The summed E-state index contributed by atoms with van der Waals surface area (Å²) < 4.78 is 24.0. The molecule has 1 aliphatic rings. The third kappa shape index (κ3) is 10.0. The maximum Gasteiger partial charge on any atom is 0.331 e. The molecular weight excluding hydrogens is 522 g/mol. The minimum Gasteiger partial charge on any atom is -0.480 e. The Labute approximate surface area is 227 Å². The molecule has 1 heterocycles. The van der Waals surface area contributed by atoms with Gasteiger partial charge in [-0.25, -0.2) is 4.79 Å². The Morgan fingerprint density at radius 1 is 0.974 bits per heavy atom. The maximum atomic E-state index is 12.1. The average Bonchev–Trinajstić information content (AvgIpc) is 2.95. The van der Waals surface area contributed by atoms with Crippen molar-refractivity contribution >= 4 is 45.0 Å². The zero-order chi connectivity index (χ0) is 28.0. The molecule has 1 atom stereocenters. The highest BCUT2D eigenvalue weighted by Gasteiger charge is 2.18. The van der Waals surface area contributed by atoms with Gasteiger partial charge in [-0.3, -0.25) is 19.9 Å². The number of carbonyl (C=O) groups excluding carboxylic acids is 2. The van der Waals surface area contributed by atoms with Gasteiger partial charge in [0.05, 0.1) is 6.54 Å². The number of hydrogen-bond acceptors (Lipinski definition) is 8. The van der Waals surface area contributed by atoms with Crippen LogP contribution in [-0.2, 0) is 26.5 Å². The van der Waals surface area contributed by atoms with Gasteiger partial charge in [0.1, 0.15) is 0 Å². The zero-order valence-corrected chi connectivity index (χ0v) is 21.9. The molecule has 12 heteroatoms. The van der Waals surface area contributed by atoms with Crippen LogP contribution >= 0.6 is 0 Å². The summed E-state index contributed by atoms with van der Waals surface area (Å²) in [7, 11) is -2.89. The molecule has 0 bridgehead atoms. The van der Waals surface area contributed by atoms with Gasteiger partial charge in [-0.2, -0.15) is 12.8 Å². The highest BCUT2D eigenvalue weighted by molar-refractivity contribution is 7.61. The molecule has 4 N–H and O–H groups in total.